The van der Waals surface area contributed by atoms with Gasteiger partial charge in [-0.25, -0.2) is 0 Å². The second-order valence-electron chi connectivity index (χ2n) is 13.4. The van der Waals surface area contributed by atoms with Gasteiger partial charge < -0.3 is 9.80 Å². The summed E-state index contributed by atoms with van der Waals surface area (Å²) < 4.78 is 0. The molecule has 0 saturated heterocycles. The highest BCUT2D eigenvalue weighted by Crippen LogP contribution is 2.53. The smallest absolute Gasteiger partial charge is 0.0540 e. The molecule has 0 spiro atoms. The molecular weight excluding hydrogens is 605 g/mol. The summed E-state index contributed by atoms with van der Waals surface area (Å²) in [7, 11) is 0. The third kappa shape index (κ3) is 4.64. The average Bonchev–Trinajstić information content (AvgIpc) is 3.18. The average molecular weight is 639 g/mol. The van der Waals surface area contributed by atoms with Crippen molar-refractivity contribution < 1.29 is 0 Å². The summed E-state index contributed by atoms with van der Waals surface area (Å²) in [4.78, 5) is 4.94. The molecule has 0 amide bonds. The van der Waals surface area contributed by atoms with Crippen LogP contribution in [0.4, 0.5) is 22.7 Å². The lowest BCUT2D eigenvalue weighted by molar-refractivity contribution is 0.834. The summed E-state index contributed by atoms with van der Waals surface area (Å²) in [6.07, 6.45) is 10.2. The van der Waals surface area contributed by atoms with Crippen molar-refractivity contribution >= 4 is 50.0 Å². The minimum Gasteiger partial charge on any atom is -0.314 e. The van der Waals surface area contributed by atoms with E-state index >= 15 is 0 Å². The Morgan fingerprint density at radius 2 is 1.06 bits per heavy atom. The van der Waals surface area contributed by atoms with Crippen LogP contribution in [0, 0.1) is 0 Å². The van der Waals surface area contributed by atoms with E-state index in [-0.39, 0.29) is 5.92 Å². The highest BCUT2D eigenvalue weighted by molar-refractivity contribution is 5.97. The normalized spacial score (nSPS) is 15.8. The molecule has 2 nitrogen and oxygen atoms in total. The van der Waals surface area contributed by atoms with E-state index in [0.717, 1.165) is 17.8 Å². The monoisotopic (exact) mass is 638 g/mol. The van der Waals surface area contributed by atoms with Gasteiger partial charge in [-0.15, -0.1) is 0 Å². The summed E-state index contributed by atoms with van der Waals surface area (Å²) in [5.41, 5.74) is 14.0. The molecular formula is C48H34N2. The van der Waals surface area contributed by atoms with E-state index in [9.17, 15) is 0 Å². The highest BCUT2D eigenvalue weighted by Gasteiger charge is 2.38. The zero-order chi connectivity index (χ0) is 33.0. The molecule has 10 rings (SSSR count). The number of anilines is 4. The second kappa shape index (κ2) is 11.6. The van der Waals surface area contributed by atoms with Crippen LogP contribution in [0.3, 0.4) is 0 Å². The van der Waals surface area contributed by atoms with Crippen LogP contribution in [0.5, 0.6) is 0 Å². The largest absolute Gasteiger partial charge is 0.314 e. The van der Waals surface area contributed by atoms with Crippen LogP contribution in [0.25, 0.3) is 27.2 Å². The molecule has 2 heteroatoms. The molecule has 0 heterocycles. The molecule has 1 unspecified atom stereocenters. The lowest BCUT2D eigenvalue weighted by Gasteiger charge is -2.42. The van der Waals surface area contributed by atoms with Gasteiger partial charge in [-0.05, 0) is 98.4 Å². The van der Waals surface area contributed by atoms with E-state index in [0.29, 0.717) is 0 Å². The van der Waals surface area contributed by atoms with Gasteiger partial charge in [-0.2, -0.15) is 0 Å². The van der Waals surface area contributed by atoms with Gasteiger partial charge >= 0.3 is 0 Å². The summed E-state index contributed by atoms with van der Waals surface area (Å²) in [6, 6.07) is 59.6. The lowest BCUT2D eigenvalue weighted by atomic mass is 9.69. The fraction of sp³-hybridized carbons (Fsp3) is 0.0417. The second-order valence-corrected chi connectivity index (χ2v) is 13.4. The lowest BCUT2D eigenvalue weighted by Crippen LogP contribution is -2.30. The number of rotatable bonds is 6. The zero-order valence-electron chi connectivity index (χ0n) is 27.6. The van der Waals surface area contributed by atoms with E-state index in [1.165, 1.54) is 72.2 Å². The minimum absolute atomic E-state index is 0.152. The molecule has 0 saturated carbocycles. The van der Waals surface area contributed by atoms with Crippen LogP contribution in [-0.4, -0.2) is 0 Å². The summed E-state index contributed by atoms with van der Waals surface area (Å²) in [5.74, 6) is 0.152. The predicted octanol–water partition coefficient (Wildman–Crippen LogP) is 12.4. The van der Waals surface area contributed by atoms with Gasteiger partial charge in [-0.3, -0.25) is 0 Å². The summed E-state index contributed by atoms with van der Waals surface area (Å²) in [6.45, 7) is 0. The molecule has 3 aliphatic rings. The van der Waals surface area contributed by atoms with Gasteiger partial charge in [-0.1, -0.05) is 133 Å². The van der Waals surface area contributed by atoms with Crippen molar-refractivity contribution in [2.24, 2.45) is 0 Å². The molecule has 7 aromatic rings. The molecule has 7 aromatic carbocycles. The molecule has 50 heavy (non-hydrogen) atoms. The molecule has 3 aliphatic carbocycles. The minimum atomic E-state index is 0.152. The first kappa shape index (κ1) is 28.6. The van der Waals surface area contributed by atoms with Crippen LogP contribution in [0.15, 0.2) is 205 Å². The Morgan fingerprint density at radius 1 is 0.480 bits per heavy atom. The number of hydrogen-bond donors (Lipinski definition) is 0. The van der Waals surface area contributed by atoms with Crippen LogP contribution in [-0.2, 0) is 6.42 Å². The van der Waals surface area contributed by atoms with Gasteiger partial charge in [0, 0.05) is 46.3 Å². The van der Waals surface area contributed by atoms with Gasteiger partial charge in [0.2, 0.25) is 0 Å². The SMILES string of the molecule is C1=CC2=C(N(c3ccccc3)c3ccc4ccccc4c3)Cc3cccc4c3C2C(=C1)C=C4N(c1ccccc1)c1ccc2ccccc2c1. The number of hydrogen-bond acceptors (Lipinski definition) is 2. The molecule has 0 bridgehead atoms. The Hall–Kier alpha value is -6.38. The number of para-hydroxylation sites is 2. The van der Waals surface area contributed by atoms with Crippen molar-refractivity contribution in [3.63, 3.8) is 0 Å². The van der Waals surface area contributed by atoms with E-state index in [2.05, 4.69) is 198 Å². The van der Waals surface area contributed by atoms with Crippen LogP contribution in [0.1, 0.15) is 22.6 Å². The fourth-order valence-corrected chi connectivity index (χ4v) is 8.27. The van der Waals surface area contributed by atoms with E-state index in [1.54, 1.807) is 0 Å². The van der Waals surface area contributed by atoms with Crippen molar-refractivity contribution in [2.75, 3.05) is 9.80 Å². The topological polar surface area (TPSA) is 6.48 Å². The van der Waals surface area contributed by atoms with Gasteiger partial charge in [0.15, 0.2) is 0 Å². The molecule has 0 fully saturated rings. The first-order valence-corrected chi connectivity index (χ1v) is 17.4. The van der Waals surface area contributed by atoms with E-state index in [4.69, 9.17) is 0 Å². The molecule has 0 N–H and O–H groups in total. The molecule has 0 aromatic heterocycles. The first-order chi connectivity index (χ1) is 24.8. The van der Waals surface area contributed by atoms with Crippen LogP contribution < -0.4 is 9.80 Å². The van der Waals surface area contributed by atoms with Gasteiger partial charge in [0.25, 0.3) is 0 Å². The highest BCUT2D eigenvalue weighted by atomic mass is 15.2. The van der Waals surface area contributed by atoms with E-state index < -0.39 is 0 Å². The first-order valence-electron chi connectivity index (χ1n) is 17.4. The van der Waals surface area contributed by atoms with Gasteiger partial charge in [0.05, 0.1) is 5.70 Å². The Bertz CT molecular complexity index is 2570. The third-order valence-corrected chi connectivity index (χ3v) is 10.5. The third-order valence-electron chi connectivity index (χ3n) is 10.5. The van der Waals surface area contributed by atoms with E-state index in [1.807, 2.05) is 0 Å². The molecule has 236 valence electrons. The quantitative estimate of drug-likeness (QED) is 0.179. The zero-order valence-corrected chi connectivity index (χ0v) is 27.6. The van der Waals surface area contributed by atoms with Crippen molar-refractivity contribution in [2.45, 2.75) is 12.3 Å². The van der Waals surface area contributed by atoms with Crippen molar-refractivity contribution in [3.05, 3.63) is 222 Å². The summed E-state index contributed by atoms with van der Waals surface area (Å²) >= 11 is 0. The standard InChI is InChI=1S/C48H34N2/c1-3-19-39(20-4-1)49(41-27-25-33-13-7-9-15-35(33)29-41)45-31-37-17-12-24-44-46(32-38-18-11-23-43(45)47(38)48(37)44)50(40-21-5-2-6-22-40)42-28-26-34-14-8-10-16-36(34)30-42/h1-31,48H,32H2. The Kier molecular flexibility index (Phi) is 6.67. The summed E-state index contributed by atoms with van der Waals surface area (Å²) in [5, 5.41) is 4.98. The van der Waals surface area contributed by atoms with Crippen LogP contribution in [0.2, 0.25) is 0 Å². The Labute approximate surface area is 292 Å². The Morgan fingerprint density at radius 3 is 1.72 bits per heavy atom. The number of allylic oxidation sites excluding steroid dienone is 7. The maximum absolute atomic E-state index is 2.50. The predicted molar refractivity (Wildman–Crippen MR) is 210 cm³/mol. The molecule has 0 aliphatic heterocycles. The van der Waals surface area contributed by atoms with Crippen molar-refractivity contribution in [1.29, 1.82) is 0 Å². The maximum atomic E-state index is 2.50. The molecule has 1 atom stereocenters. The fourth-order valence-electron chi connectivity index (χ4n) is 8.27. The number of nitrogens with zero attached hydrogens (tertiary/aromatic N) is 2. The Balaban J connectivity index is 1.17. The van der Waals surface area contributed by atoms with Crippen LogP contribution >= 0.6 is 0 Å². The number of fused-ring (bicyclic) bond motifs is 2. The van der Waals surface area contributed by atoms with Crippen molar-refractivity contribution in [3.8, 4) is 0 Å². The molecule has 0 radical (unpaired) electrons. The van der Waals surface area contributed by atoms with Gasteiger partial charge in [0.1, 0.15) is 0 Å². The number of benzene rings is 7. The van der Waals surface area contributed by atoms with Crippen molar-refractivity contribution in [1.82, 2.24) is 0 Å². The maximum Gasteiger partial charge on any atom is 0.0540 e.